The highest BCUT2D eigenvalue weighted by molar-refractivity contribution is 5.89. The lowest BCUT2D eigenvalue weighted by molar-refractivity contribution is 0.0318. The van der Waals surface area contributed by atoms with E-state index in [2.05, 4.69) is 15.5 Å². The fourth-order valence-electron chi connectivity index (χ4n) is 2.70. The molecule has 1 aromatic carbocycles. The summed E-state index contributed by atoms with van der Waals surface area (Å²) in [4.78, 5) is 12.1. The molecule has 1 aliphatic rings. The first-order valence-corrected chi connectivity index (χ1v) is 8.49. The van der Waals surface area contributed by atoms with Crippen LogP contribution in [-0.4, -0.2) is 22.3 Å². The van der Waals surface area contributed by atoms with Crippen molar-refractivity contribution in [2.45, 2.75) is 58.1 Å². The standard InChI is InChI=1S/C18H23N3O3/c1-12(2)17-21-20-16(24-17)11-19-14-9-7-13(8-10-14)18(22)23-15-5-3-4-6-15/h7-10,12,15,19H,3-6,11H2,1-2H3. The molecule has 0 unspecified atom stereocenters. The van der Waals surface area contributed by atoms with Gasteiger partial charge in [0.1, 0.15) is 6.10 Å². The molecule has 0 saturated heterocycles. The number of carbonyl (C=O) groups is 1. The van der Waals surface area contributed by atoms with Gasteiger partial charge in [-0.05, 0) is 49.9 Å². The van der Waals surface area contributed by atoms with E-state index in [1.165, 1.54) is 0 Å². The number of anilines is 1. The van der Waals surface area contributed by atoms with Crippen LogP contribution in [0.2, 0.25) is 0 Å². The van der Waals surface area contributed by atoms with Crippen LogP contribution < -0.4 is 5.32 Å². The average molecular weight is 329 g/mol. The molecule has 0 aliphatic heterocycles. The molecule has 6 nitrogen and oxygen atoms in total. The first-order valence-electron chi connectivity index (χ1n) is 8.49. The highest BCUT2D eigenvalue weighted by Gasteiger charge is 2.20. The van der Waals surface area contributed by atoms with E-state index in [0.717, 1.165) is 31.4 Å². The zero-order chi connectivity index (χ0) is 16.9. The van der Waals surface area contributed by atoms with Gasteiger partial charge < -0.3 is 14.5 Å². The summed E-state index contributed by atoms with van der Waals surface area (Å²) in [5.41, 5.74) is 1.46. The SMILES string of the molecule is CC(C)c1nnc(CNc2ccc(C(=O)OC3CCCC3)cc2)o1. The molecule has 1 heterocycles. The van der Waals surface area contributed by atoms with E-state index in [1.807, 2.05) is 26.0 Å². The van der Waals surface area contributed by atoms with Crippen molar-refractivity contribution >= 4 is 11.7 Å². The van der Waals surface area contributed by atoms with E-state index in [0.29, 0.717) is 23.9 Å². The number of hydrogen-bond acceptors (Lipinski definition) is 6. The van der Waals surface area contributed by atoms with Crippen molar-refractivity contribution in [2.75, 3.05) is 5.32 Å². The van der Waals surface area contributed by atoms with Crippen LogP contribution >= 0.6 is 0 Å². The molecule has 0 atom stereocenters. The number of benzene rings is 1. The third-order valence-corrected chi connectivity index (χ3v) is 4.12. The second kappa shape index (κ2) is 7.47. The summed E-state index contributed by atoms with van der Waals surface area (Å²) in [5.74, 6) is 1.16. The molecule has 0 spiro atoms. The Kier molecular flexibility index (Phi) is 5.13. The van der Waals surface area contributed by atoms with Gasteiger partial charge in [-0.25, -0.2) is 4.79 Å². The Hall–Kier alpha value is -2.37. The maximum absolute atomic E-state index is 12.1. The lowest BCUT2D eigenvalue weighted by Crippen LogP contribution is -2.14. The Morgan fingerprint density at radius 1 is 1.25 bits per heavy atom. The fourth-order valence-corrected chi connectivity index (χ4v) is 2.70. The highest BCUT2D eigenvalue weighted by Crippen LogP contribution is 2.22. The van der Waals surface area contributed by atoms with Crippen LogP contribution in [0.25, 0.3) is 0 Å². The van der Waals surface area contributed by atoms with Crippen LogP contribution in [0.1, 0.15) is 67.6 Å². The van der Waals surface area contributed by atoms with Gasteiger partial charge in [-0.1, -0.05) is 13.8 Å². The molecule has 1 aromatic heterocycles. The quantitative estimate of drug-likeness (QED) is 0.810. The molecule has 6 heteroatoms. The van der Waals surface area contributed by atoms with E-state index >= 15 is 0 Å². The number of rotatable bonds is 6. The summed E-state index contributed by atoms with van der Waals surface area (Å²) in [7, 11) is 0. The van der Waals surface area contributed by atoms with Crippen molar-refractivity contribution in [1.29, 1.82) is 0 Å². The van der Waals surface area contributed by atoms with E-state index in [9.17, 15) is 4.79 Å². The average Bonchev–Trinajstić information content (AvgIpc) is 3.25. The molecule has 1 N–H and O–H groups in total. The molecule has 128 valence electrons. The molecule has 0 radical (unpaired) electrons. The molecule has 1 fully saturated rings. The van der Waals surface area contributed by atoms with Gasteiger partial charge in [0.05, 0.1) is 12.1 Å². The van der Waals surface area contributed by atoms with Gasteiger partial charge in [0.25, 0.3) is 0 Å². The number of ether oxygens (including phenoxy) is 1. The van der Waals surface area contributed by atoms with E-state index in [1.54, 1.807) is 12.1 Å². The van der Waals surface area contributed by atoms with Crippen LogP contribution in [0.5, 0.6) is 0 Å². The van der Waals surface area contributed by atoms with Gasteiger partial charge in [-0.3, -0.25) is 0 Å². The first-order chi connectivity index (χ1) is 11.6. The second-order valence-electron chi connectivity index (χ2n) is 6.43. The Morgan fingerprint density at radius 3 is 2.58 bits per heavy atom. The van der Waals surface area contributed by atoms with Crippen molar-refractivity contribution in [1.82, 2.24) is 10.2 Å². The number of carbonyl (C=O) groups excluding carboxylic acids is 1. The lowest BCUT2D eigenvalue weighted by Gasteiger charge is -2.11. The summed E-state index contributed by atoms with van der Waals surface area (Å²) < 4.78 is 11.0. The molecule has 1 saturated carbocycles. The fraction of sp³-hybridized carbons (Fsp3) is 0.500. The summed E-state index contributed by atoms with van der Waals surface area (Å²) in [6.45, 7) is 4.47. The normalized spacial score (nSPS) is 15.0. The van der Waals surface area contributed by atoms with Crippen LogP contribution in [-0.2, 0) is 11.3 Å². The third-order valence-electron chi connectivity index (χ3n) is 4.12. The van der Waals surface area contributed by atoms with Gasteiger partial charge in [0.2, 0.25) is 11.8 Å². The summed E-state index contributed by atoms with van der Waals surface area (Å²) in [6.07, 6.45) is 4.34. The molecule has 2 aromatic rings. The van der Waals surface area contributed by atoms with Crippen LogP contribution in [0.3, 0.4) is 0 Å². The first kappa shape index (κ1) is 16.5. The van der Waals surface area contributed by atoms with Crippen LogP contribution in [0.15, 0.2) is 28.7 Å². The molecule has 3 rings (SSSR count). The zero-order valence-electron chi connectivity index (χ0n) is 14.1. The van der Waals surface area contributed by atoms with Gasteiger partial charge in [-0.2, -0.15) is 0 Å². The van der Waals surface area contributed by atoms with Crippen molar-refractivity contribution < 1.29 is 13.9 Å². The highest BCUT2D eigenvalue weighted by atomic mass is 16.5. The van der Waals surface area contributed by atoms with Gasteiger partial charge in [0.15, 0.2) is 0 Å². The number of nitrogens with one attached hydrogen (secondary N) is 1. The van der Waals surface area contributed by atoms with Gasteiger partial charge in [0, 0.05) is 11.6 Å². The Morgan fingerprint density at radius 2 is 1.96 bits per heavy atom. The molecule has 1 aliphatic carbocycles. The van der Waals surface area contributed by atoms with Crippen molar-refractivity contribution in [3.63, 3.8) is 0 Å². The zero-order valence-corrected chi connectivity index (χ0v) is 14.1. The topological polar surface area (TPSA) is 77.2 Å². The number of esters is 1. The van der Waals surface area contributed by atoms with E-state index < -0.39 is 0 Å². The predicted molar refractivity (Wildman–Crippen MR) is 89.8 cm³/mol. The molecule has 0 amide bonds. The second-order valence-corrected chi connectivity index (χ2v) is 6.43. The van der Waals surface area contributed by atoms with Crippen LogP contribution in [0, 0.1) is 0 Å². The minimum atomic E-state index is -0.244. The van der Waals surface area contributed by atoms with Crippen molar-refractivity contribution in [3.05, 3.63) is 41.6 Å². The van der Waals surface area contributed by atoms with Crippen LogP contribution in [0.4, 0.5) is 5.69 Å². The Balaban J connectivity index is 1.52. The molecular weight excluding hydrogens is 306 g/mol. The summed E-state index contributed by atoms with van der Waals surface area (Å²) >= 11 is 0. The lowest BCUT2D eigenvalue weighted by atomic mass is 10.2. The van der Waals surface area contributed by atoms with Crippen molar-refractivity contribution in [2.24, 2.45) is 0 Å². The monoisotopic (exact) mass is 329 g/mol. The molecule has 24 heavy (non-hydrogen) atoms. The van der Waals surface area contributed by atoms with Gasteiger partial charge in [-0.15, -0.1) is 10.2 Å². The molecule has 0 bridgehead atoms. The smallest absolute Gasteiger partial charge is 0.338 e. The van der Waals surface area contributed by atoms with Crippen molar-refractivity contribution in [3.8, 4) is 0 Å². The molecular formula is C18H23N3O3. The van der Waals surface area contributed by atoms with E-state index in [4.69, 9.17) is 9.15 Å². The predicted octanol–water partition coefficient (Wildman–Crippen LogP) is 3.90. The minimum absolute atomic E-state index is 0.0861. The maximum Gasteiger partial charge on any atom is 0.338 e. The number of aromatic nitrogens is 2. The Labute approximate surface area is 141 Å². The summed E-state index contributed by atoms with van der Waals surface area (Å²) in [5, 5.41) is 11.2. The Bertz CT molecular complexity index is 673. The largest absolute Gasteiger partial charge is 0.459 e. The summed E-state index contributed by atoms with van der Waals surface area (Å²) in [6, 6.07) is 7.25. The number of hydrogen-bond donors (Lipinski definition) is 1. The third kappa shape index (κ3) is 4.13. The minimum Gasteiger partial charge on any atom is -0.459 e. The maximum atomic E-state index is 12.1. The van der Waals surface area contributed by atoms with Gasteiger partial charge >= 0.3 is 5.97 Å². The number of nitrogens with zero attached hydrogens (tertiary/aromatic N) is 2. The van der Waals surface area contributed by atoms with E-state index in [-0.39, 0.29) is 18.0 Å².